The van der Waals surface area contributed by atoms with Gasteiger partial charge in [0.2, 0.25) is 5.91 Å². The summed E-state index contributed by atoms with van der Waals surface area (Å²) in [4.78, 5) is 22.9. The highest BCUT2D eigenvalue weighted by Gasteiger charge is 2.37. The van der Waals surface area contributed by atoms with E-state index >= 15 is 0 Å². The van der Waals surface area contributed by atoms with E-state index in [2.05, 4.69) is 10.6 Å². The minimum atomic E-state index is -0.948. The summed E-state index contributed by atoms with van der Waals surface area (Å²) in [5, 5.41) is 15.2. The van der Waals surface area contributed by atoms with E-state index in [1.807, 2.05) is 0 Å². The number of anilines is 1. The highest BCUT2D eigenvalue weighted by atomic mass is 35.5. The molecule has 18 heavy (non-hydrogen) atoms. The number of carboxylic acids is 1. The smallest absolute Gasteiger partial charge is 0.308 e. The molecule has 0 bridgehead atoms. The Bertz CT molecular complexity index is 461. The van der Waals surface area contributed by atoms with E-state index in [9.17, 15) is 9.59 Å². The second-order valence-corrected chi connectivity index (χ2v) is 4.64. The molecule has 1 amide bonds. The van der Waals surface area contributed by atoms with E-state index in [1.165, 1.54) is 0 Å². The van der Waals surface area contributed by atoms with Crippen LogP contribution >= 0.6 is 11.6 Å². The lowest BCUT2D eigenvalue weighted by Gasteiger charge is -2.14. The van der Waals surface area contributed by atoms with Gasteiger partial charge in [-0.2, -0.15) is 0 Å². The third-order valence-corrected chi connectivity index (χ3v) is 3.23. The van der Waals surface area contributed by atoms with Gasteiger partial charge in [-0.15, -0.1) is 0 Å². The zero-order valence-electron chi connectivity index (χ0n) is 9.52. The fourth-order valence-corrected chi connectivity index (χ4v) is 2.11. The Morgan fingerprint density at radius 2 is 1.83 bits per heavy atom. The molecule has 1 saturated heterocycles. The standard InChI is InChI=1S/C12H13ClN2O3/c13-7-1-3-8(4-2-7)15-11(16)9-5-14-6-10(9)12(17)18/h1-4,9-10,14H,5-6H2,(H,15,16)(H,17,18)/t9-,10-/m0/s1. The van der Waals surface area contributed by atoms with Crippen LogP contribution in [-0.2, 0) is 9.59 Å². The van der Waals surface area contributed by atoms with Crippen molar-refractivity contribution in [2.24, 2.45) is 11.8 Å². The highest BCUT2D eigenvalue weighted by molar-refractivity contribution is 6.30. The lowest BCUT2D eigenvalue weighted by Crippen LogP contribution is -2.32. The third-order valence-electron chi connectivity index (χ3n) is 2.98. The quantitative estimate of drug-likeness (QED) is 0.770. The Morgan fingerprint density at radius 1 is 1.22 bits per heavy atom. The van der Waals surface area contributed by atoms with Gasteiger partial charge in [0.25, 0.3) is 0 Å². The fraction of sp³-hybridized carbons (Fsp3) is 0.333. The maximum Gasteiger partial charge on any atom is 0.308 e. The second kappa shape index (κ2) is 5.37. The average Bonchev–Trinajstić information content (AvgIpc) is 2.81. The Labute approximate surface area is 109 Å². The Balaban J connectivity index is 2.03. The van der Waals surface area contributed by atoms with E-state index in [1.54, 1.807) is 24.3 Å². The maximum atomic E-state index is 12.0. The minimum absolute atomic E-state index is 0.283. The Hall–Kier alpha value is -1.59. The van der Waals surface area contributed by atoms with Gasteiger partial charge in [0.05, 0.1) is 11.8 Å². The highest BCUT2D eigenvalue weighted by Crippen LogP contribution is 2.20. The van der Waals surface area contributed by atoms with Crippen molar-refractivity contribution in [3.8, 4) is 0 Å². The average molecular weight is 269 g/mol. The van der Waals surface area contributed by atoms with Crippen LogP contribution in [0.15, 0.2) is 24.3 Å². The first-order valence-corrected chi connectivity index (χ1v) is 5.95. The first kappa shape index (κ1) is 12.9. The molecule has 0 unspecified atom stereocenters. The number of hydrogen-bond donors (Lipinski definition) is 3. The van der Waals surface area contributed by atoms with Crippen LogP contribution in [0.5, 0.6) is 0 Å². The van der Waals surface area contributed by atoms with Crippen molar-refractivity contribution in [3.05, 3.63) is 29.3 Å². The molecule has 6 heteroatoms. The molecule has 5 nitrogen and oxygen atoms in total. The zero-order chi connectivity index (χ0) is 13.1. The van der Waals surface area contributed by atoms with Crippen LogP contribution in [-0.4, -0.2) is 30.1 Å². The Kier molecular flexibility index (Phi) is 3.84. The summed E-state index contributed by atoms with van der Waals surface area (Å²) >= 11 is 5.74. The van der Waals surface area contributed by atoms with Gasteiger partial charge >= 0.3 is 5.97 Å². The molecule has 0 saturated carbocycles. The molecule has 1 aliphatic heterocycles. The van der Waals surface area contributed by atoms with Crippen LogP contribution in [0.3, 0.4) is 0 Å². The number of carbonyl (C=O) groups is 2. The monoisotopic (exact) mass is 268 g/mol. The molecule has 0 spiro atoms. The Morgan fingerprint density at radius 3 is 2.44 bits per heavy atom. The van der Waals surface area contributed by atoms with Crippen molar-refractivity contribution in [1.82, 2.24) is 5.32 Å². The van der Waals surface area contributed by atoms with Gasteiger partial charge in [0.1, 0.15) is 0 Å². The molecular formula is C12H13ClN2O3. The summed E-state index contributed by atoms with van der Waals surface area (Å²) in [6, 6.07) is 6.69. The van der Waals surface area contributed by atoms with Gasteiger partial charge in [0, 0.05) is 23.8 Å². The van der Waals surface area contributed by atoms with Crippen molar-refractivity contribution in [2.75, 3.05) is 18.4 Å². The summed E-state index contributed by atoms with van der Waals surface area (Å²) < 4.78 is 0. The van der Waals surface area contributed by atoms with Gasteiger partial charge in [-0.3, -0.25) is 9.59 Å². The van der Waals surface area contributed by atoms with Crippen LogP contribution in [0.2, 0.25) is 5.02 Å². The van der Waals surface area contributed by atoms with E-state index < -0.39 is 17.8 Å². The van der Waals surface area contributed by atoms with Crippen LogP contribution < -0.4 is 10.6 Å². The normalized spacial score (nSPS) is 22.7. The van der Waals surface area contributed by atoms with E-state index in [-0.39, 0.29) is 5.91 Å². The van der Waals surface area contributed by atoms with Gasteiger partial charge in [-0.1, -0.05) is 11.6 Å². The number of nitrogens with one attached hydrogen (secondary N) is 2. The van der Waals surface area contributed by atoms with Crippen LogP contribution in [0.25, 0.3) is 0 Å². The van der Waals surface area contributed by atoms with Gasteiger partial charge in [-0.25, -0.2) is 0 Å². The van der Waals surface area contributed by atoms with Gasteiger partial charge in [-0.05, 0) is 24.3 Å². The molecule has 0 aromatic heterocycles. The molecule has 3 N–H and O–H groups in total. The van der Waals surface area contributed by atoms with Gasteiger partial charge < -0.3 is 15.7 Å². The van der Waals surface area contributed by atoms with Crippen molar-refractivity contribution in [2.45, 2.75) is 0 Å². The van der Waals surface area contributed by atoms with Crippen molar-refractivity contribution >= 4 is 29.2 Å². The number of benzene rings is 1. The molecule has 1 aromatic carbocycles. The fourth-order valence-electron chi connectivity index (χ4n) is 1.98. The minimum Gasteiger partial charge on any atom is -0.481 e. The molecule has 1 heterocycles. The van der Waals surface area contributed by atoms with Crippen LogP contribution in [0, 0.1) is 11.8 Å². The maximum absolute atomic E-state index is 12.0. The lowest BCUT2D eigenvalue weighted by atomic mass is 9.95. The van der Waals surface area contributed by atoms with E-state index in [0.29, 0.717) is 23.8 Å². The number of rotatable bonds is 3. The number of halogens is 1. The second-order valence-electron chi connectivity index (χ2n) is 4.21. The summed E-state index contributed by atoms with van der Waals surface area (Å²) in [6.45, 7) is 0.713. The largest absolute Gasteiger partial charge is 0.481 e. The molecule has 1 fully saturated rings. The molecule has 0 aliphatic carbocycles. The molecule has 96 valence electrons. The summed E-state index contributed by atoms with van der Waals surface area (Å²) in [5.74, 6) is -2.44. The summed E-state index contributed by atoms with van der Waals surface area (Å²) in [7, 11) is 0. The van der Waals surface area contributed by atoms with E-state index in [0.717, 1.165) is 0 Å². The molecule has 0 radical (unpaired) electrons. The molecule has 2 atom stereocenters. The topological polar surface area (TPSA) is 78.4 Å². The van der Waals surface area contributed by atoms with Gasteiger partial charge in [0.15, 0.2) is 0 Å². The number of carboxylic acid groups (broad SMARTS) is 1. The number of amides is 1. The van der Waals surface area contributed by atoms with Crippen molar-refractivity contribution in [1.29, 1.82) is 0 Å². The van der Waals surface area contributed by atoms with Crippen molar-refractivity contribution < 1.29 is 14.7 Å². The predicted octanol–water partition coefficient (Wildman–Crippen LogP) is 1.20. The molecule has 2 rings (SSSR count). The molecule has 1 aliphatic rings. The van der Waals surface area contributed by atoms with E-state index in [4.69, 9.17) is 16.7 Å². The number of aliphatic carboxylic acids is 1. The lowest BCUT2D eigenvalue weighted by molar-refractivity contribution is -0.144. The molecular weight excluding hydrogens is 256 g/mol. The number of carbonyl (C=O) groups excluding carboxylic acids is 1. The molecule has 1 aromatic rings. The summed E-state index contributed by atoms with van der Waals surface area (Å²) in [5.41, 5.74) is 0.612. The van der Waals surface area contributed by atoms with Crippen LogP contribution in [0.4, 0.5) is 5.69 Å². The SMILES string of the molecule is O=C(O)[C@H]1CNC[C@@H]1C(=O)Nc1ccc(Cl)cc1. The summed E-state index contributed by atoms with van der Waals surface area (Å²) in [6.07, 6.45) is 0. The predicted molar refractivity (Wildman–Crippen MR) is 67.6 cm³/mol. The first-order valence-electron chi connectivity index (χ1n) is 5.58. The zero-order valence-corrected chi connectivity index (χ0v) is 10.3. The number of hydrogen-bond acceptors (Lipinski definition) is 3. The van der Waals surface area contributed by atoms with Crippen LogP contribution in [0.1, 0.15) is 0 Å². The third kappa shape index (κ3) is 2.80. The van der Waals surface area contributed by atoms with Crippen molar-refractivity contribution in [3.63, 3.8) is 0 Å². The first-order chi connectivity index (χ1) is 8.58.